The minimum absolute atomic E-state index is 1.02. The van der Waals surface area contributed by atoms with E-state index in [1.54, 1.807) is 0 Å². The molecule has 0 fully saturated rings. The van der Waals surface area contributed by atoms with Gasteiger partial charge in [0.1, 0.15) is 0 Å². The first-order valence-corrected chi connectivity index (χ1v) is 9.38. The predicted octanol–water partition coefficient (Wildman–Crippen LogP) is 4.42. The van der Waals surface area contributed by atoms with E-state index in [0.717, 1.165) is 24.0 Å². The molecule has 1 aromatic carbocycles. The second-order valence-electron chi connectivity index (χ2n) is 6.69. The molecule has 4 heteroatoms. The van der Waals surface area contributed by atoms with E-state index in [-0.39, 0.29) is 0 Å². The molecule has 0 N–H and O–H groups in total. The van der Waals surface area contributed by atoms with Gasteiger partial charge in [0.2, 0.25) is 0 Å². The Morgan fingerprint density at radius 3 is 3.00 bits per heavy atom. The summed E-state index contributed by atoms with van der Waals surface area (Å²) in [7, 11) is 2.23. The standard InChI is InChI=1S/C20H22BrN3/c1-23-10-3-5-19-18(14-23)17-12-16(21)6-7-20(17)24(19)11-8-15-4-2-9-22-13-15/h2,4,6-7,9,12-13H,3,5,8,10-11,14H2,1H3. The number of hydrogen-bond donors (Lipinski definition) is 0. The third-order valence-electron chi connectivity index (χ3n) is 4.98. The largest absolute Gasteiger partial charge is 0.344 e. The number of fused-ring (bicyclic) bond motifs is 3. The van der Waals surface area contributed by atoms with Gasteiger partial charge in [-0.3, -0.25) is 4.98 Å². The van der Waals surface area contributed by atoms with Gasteiger partial charge in [0, 0.05) is 46.6 Å². The highest BCUT2D eigenvalue weighted by Gasteiger charge is 2.20. The maximum Gasteiger partial charge on any atom is 0.0486 e. The molecule has 24 heavy (non-hydrogen) atoms. The summed E-state index contributed by atoms with van der Waals surface area (Å²) in [5, 5.41) is 1.40. The van der Waals surface area contributed by atoms with E-state index >= 15 is 0 Å². The second-order valence-corrected chi connectivity index (χ2v) is 7.61. The molecule has 0 atom stereocenters. The number of aryl methyl sites for hydroxylation is 2. The molecule has 0 unspecified atom stereocenters. The first kappa shape index (κ1) is 15.9. The van der Waals surface area contributed by atoms with Gasteiger partial charge in [-0.2, -0.15) is 0 Å². The summed E-state index contributed by atoms with van der Waals surface area (Å²) >= 11 is 3.65. The molecule has 0 saturated carbocycles. The normalized spacial score (nSPS) is 15.4. The summed E-state index contributed by atoms with van der Waals surface area (Å²) in [4.78, 5) is 6.69. The maximum atomic E-state index is 4.25. The first-order chi connectivity index (χ1) is 11.7. The number of benzene rings is 1. The minimum Gasteiger partial charge on any atom is -0.344 e. The lowest BCUT2D eigenvalue weighted by atomic mass is 10.1. The zero-order chi connectivity index (χ0) is 16.5. The molecule has 1 aliphatic heterocycles. The van der Waals surface area contributed by atoms with Crippen LogP contribution in [0.15, 0.2) is 47.2 Å². The number of hydrogen-bond acceptors (Lipinski definition) is 2. The van der Waals surface area contributed by atoms with Crippen LogP contribution in [0.25, 0.3) is 10.9 Å². The average Bonchev–Trinajstić information content (AvgIpc) is 2.73. The molecule has 0 aliphatic carbocycles. The molecule has 4 rings (SSSR count). The monoisotopic (exact) mass is 383 g/mol. The van der Waals surface area contributed by atoms with Gasteiger partial charge in [-0.05, 0) is 68.2 Å². The molecule has 124 valence electrons. The van der Waals surface area contributed by atoms with Crippen LogP contribution in [0.2, 0.25) is 0 Å². The molecule has 3 heterocycles. The van der Waals surface area contributed by atoms with Crippen LogP contribution < -0.4 is 0 Å². The Morgan fingerprint density at radius 2 is 2.17 bits per heavy atom. The molecular weight excluding hydrogens is 362 g/mol. The van der Waals surface area contributed by atoms with Crippen molar-refractivity contribution in [3.8, 4) is 0 Å². The Morgan fingerprint density at radius 1 is 1.25 bits per heavy atom. The fraction of sp³-hybridized carbons (Fsp3) is 0.350. The van der Waals surface area contributed by atoms with E-state index in [1.165, 1.54) is 47.1 Å². The average molecular weight is 384 g/mol. The third-order valence-corrected chi connectivity index (χ3v) is 5.47. The van der Waals surface area contributed by atoms with Crippen LogP contribution in [-0.2, 0) is 25.9 Å². The molecule has 1 aliphatic rings. The van der Waals surface area contributed by atoms with Crippen LogP contribution in [-0.4, -0.2) is 28.0 Å². The fourth-order valence-electron chi connectivity index (χ4n) is 3.82. The van der Waals surface area contributed by atoms with Gasteiger partial charge in [-0.15, -0.1) is 0 Å². The Balaban J connectivity index is 1.77. The molecule has 0 bridgehead atoms. The molecule has 3 nitrogen and oxygen atoms in total. The van der Waals surface area contributed by atoms with Gasteiger partial charge in [0.25, 0.3) is 0 Å². The van der Waals surface area contributed by atoms with Gasteiger partial charge in [0.05, 0.1) is 0 Å². The molecule has 0 radical (unpaired) electrons. The number of aromatic nitrogens is 2. The molecule has 3 aromatic rings. The maximum absolute atomic E-state index is 4.25. The Kier molecular flexibility index (Phi) is 4.42. The van der Waals surface area contributed by atoms with E-state index < -0.39 is 0 Å². The van der Waals surface area contributed by atoms with Gasteiger partial charge >= 0.3 is 0 Å². The van der Waals surface area contributed by atoms with Crippen LogP contribution >= 0.6 is 15.9 Å². The summed E-state index contributed by atoms with van der Waals surface area (Å²) in [5.74, 6) is 0. The molecular formula is C20H22BrN3. The zero-order valence-corrected chi connectivity index (χ0v) is 15.6. The van der Waals surface area contributed by atoms with Gasteiger partial charge < -0.3 is 9.47 Å². The van der Waals surface area contributed by atoms with E-state index in [0.29, 0.717) is 0 Å². The van der Waals surface area contributed by atoms with Crippen LogP contribution in [0, 0.1) is 0 Å². The molecule has 0 spiro atoms. The number of nitrogens with zero attached hydrogens (tertiary/aromatic N) is 3. The van der Waals surface area contributed by atoms with Crippen LogP contribution in [0.3, 0.4) is 0 Å². The van der Waals surface area contributed by atoms with Crippen molar-refractivity contribution >= 4 is 26.8 Å². The van der Waals surface area contributed by atoms with Crippen molar-refractivity contribution in [1.82, 2.24) is 14.5 Å². The third kappa shape index (κ3) is 3.01. The minimum atomic E-state index is 1.02. The Hall–Kier alpha value is -1.65. The quantitative estimate of drug-likeness (QED) is 0.667. The highest BCUT2D eigenvalue weighted by Crippen LogP contribution is 2.32. The first-order valence-electron chi connectivity index (χ1n) is 8.59. The van der Waals surface area contributed by atoms with Crippen molar-refractivity contribution in [2.24, 2.45) is 0 Å². The smallest absolute Gasteiger partial charge is 0.0486 e. The van der Waals surface area contributed by atoms with Crippen LogP contribution in [0.4, 0.5) is 0 Å². The van der Waals surface area contributed by atoms with Crippen LogP contribution in [0.5, 0.6) is 0 Å². The Bertz CT molecular complexity index is 854. The van der Waals surface area contributed by atoms with E-state index in [9.17, 15) is 0 Å². The predicted molar refractivity (Wildman–Crippen MR) is 102 cm³/mol. The SMILES string of the molecule is CN1CCCc2c(c3cc(Br)ccc3n2CCc2cccnc2)C1. The molecule has 0 saturated heterocycles. The summed E-state index contributed by atoms with van der Waals surface area (Å²) in [6.07, 6.45) is 7.24. The summed E-state index contributed by atoms with van der Waals surface area (Å²) in [6.45, 7) is 3.23. The number of pyridine rings is 1. The topological polar surface area (TPSA) is 21.1 Å². The summed E-state index contributed by atoms with van der Waals surface area (Å²) < 4.78 is 3.71. The van der Waals surface area contributed by atoms with Crippen molar-refractivity contribution in [2.45, 2.75) is 32.4 Å². The van der Waals surface area contributed by atoms with Gasteiger partial charge in [0.15, 0.2) is 0 Å². The van der Waals surface area contributed by atoms with E-state index in [1.807, 2.05) is 18.5 Å². The van der Waals surface area contributed by atoms with Crippen molar-refractivity contribution < 1.29 is 0 Å². The summed E-state index contributed by atoms with van der Waals surface area (Å²) in [6, 6.07) is 10.9. The van der Waals surface area contributed by atoms with Gasteiger partial charge in [-0.25, -0.2) is 0 Å². The molecule has 2 aromatic heterocycles. The van der Waals surface area contributed by atoms with E-state index in [2.05, 4.69) is 61.7 Å². The summed E-state index contributed by atoms with van der Waals surface area (Å²) in [5.41, 5.74) is 5.70. The van der Waals surface area contributed by atoms with E-state index in [4.69, 9.17) is 0 Å². The zero-order valence-electron chi connectivity index (χ0n) is 14.0. The lowest BCUT2D eigenvalue weighted by Crippen LogP contribution is -2.16. The van der Waals surface area contributed by atoms with Crippen LogP contribution in [0.1, 0.15) is 23.2 Å². The number of halogens is 1. The Labute approximate surface area is 151 Å². The van der Waals surface area contributed by atoms with Crippen molar-refractivity contribution in [3.63, 3.8) is 0 Å². The fourth-order valence-corrected chi connectivity index (χ4v) is 4.18. The highest BCUT2D eigenvalue weighted by atomic mass is 79.9. The number of rotatable bonds is 3. The van der Waals surface area contributed by atoms with Crippen molar-refractivity contribution in [2.75, 3.05) is 13.6 Å². The lowest BCUT2D eigenvalue weighted by molar-refractivity contribution is 0.333. The van der Waals surface area contributed by atoms with Crippen molar-refractivity contribution in [3.05, 3.63) is 64.0 Å². The molecule has 0 amide bonds. The second kappa shape index (κ2) is 6.69. The highest BCUT2D eigenvalue weighted by molar-refractivity contribution is 9.10. The van der Waals surface area contributed by atoms with Crippen molar-refractivity contribution in [1.29, 1.82) is 0 Å². The van der Waals surface area contributed by atoms with Gasteiger partial charge in [-0.1, -0.05) is 22.0 Å². The lowest BCUT2D eigenvalue weighted by Gasteiger charge is -2.12.